The molecule has 0 aliphatic carbocycles. The lowest BCUT2D eigenvalue weighted by molar-refractivity contribution is -0.153. The molecule has 0 saturated heterocycles. The van der Waals surface area contributed by atoms with Gasteiger partial charge in [-0.15, -0.1) is 0 Å². The van der Waals surface area contributed by atoms with Crippen LogP contribution in [-0.4, -0.2) is 27.8 Å². The van der Waals surface area contributed by atoms with E-state index in [0.717, 1.165) is 11.3 Å². The van der Waals surface area contributed by atoms with Crippen LogP contribution in [-0.2, 0) is 4.79 Å². The van der Waals surface area contributed by atoms with Crippen LogP contribution in [0.4, 0.5) is 0 Å². The van der Waals surface area contributed by atoms with Crippen molar-refractivity contribution in [2.75, 3.05) is 7.05 Å². The molecule has 2 aromatic rings. The molecular weight excluding hydrogens is 228 g/mol. The largest absolute Gasteiger partial charge is 0.324 e. The first-order valence-corrected chi connectivity index (χ1v) is 5.55. The van der Waals surface area contributed by atoms with E-state index < -0.39 is 5.91 Å². The summed E-state index contributed by atoms with van der Waals surface area (Å²) in [5, 5.41) is 9.44. The Bertz CT molecular complexity index is 540. The molecule has 4 nitrogen and oxygen atoms in total. The average molecular weight is 242 g/mol. The van der Waals surface area contributed by atoms with Crippen molar-refractivity contribution in [1.82, 2.24) is 9.63 Å². The van der Waals surface area contributed by atoms with E-state index in [2.05, 4.69) is 0 Å². The molecule has 1 heterocycles. The van der Waals surface area contributed by atoms with Gasteiger partial charge in [0.1, 0.15) is 0 Å². The monoisotopic (exact) mass is 242 g/mol. The van der Waals surface area contributed by atoms with Crippen LogP contribution in [0, 0.1) is 0 Å². The van der Waals surface area contributed by atoms with Gasteiger partial charge in [-0.1, -0.05) is 12.1 Å². The van der Waals surface area contributed by atoms with Gasteiger partial charge in [0.25, 0.3) is 5.91 Å². The van der Waals surface area contributed by atoms with Crippen LogP contribution >= 0.6 is 0 Å². The minimum absolute atomic E-state index is 0.454. The number of carbonyl (C=O) groups is 1. The zero-order valence-corrected chi connectivity index (χ0v) is 10.0. The number of amides is 1. The third kappa shape index (κ3) is 2.87. The van der Waals surface area contributed by atoms with E-state index in [0.29, 0.717) is 5.06 Å². The van der Waals surface area contributed by atoms with Crippen LogP contribution in [0.3, 0.4) is 0 Å². The van der Waals surface area contributed by atoms with Crippen molar-refractivity contribution in [3.63, 3.8) is 0 Å². The van der Waals surface area contributed by atoms with Gasteiger partial charge in [0.05, 0.1) is 0 Å². The van der Waals surface area contributed by atoms with Gasteiger partial charge in [-0.3, -0.25) is 10.0 Å². The van der Waals surface area contributed by atoms with Gasteiger partial charge < -0.3 is 4.57 Å². The molecule has 0 radical (unpaired) electrons. The highest BCUT2D eigenvalue weighted by molar-refractivity contribution is 5.90. The SMILES string of the molecule is CN(O)C(=O)/C=C/c1ccc(-n2cccc2)cc1. The van der Waals surface area contributed by atoms with E-state index in [1.165, 1.54) is 13.1 Å². The summed E-state index contributed by atoms with van der Waals surface area (Å²) in [7, 11) is 1.29. The van der Waals surface area contributed by atoms with Crippen LogP contribution in [0.15, 0.2) is 54.9 Å². The van der Waals surface area contributed by atoms with Gasteiger partial charge in [0, 0.05) is 31.2 Å². The fourth-order valence-corrected chi connectivity index (χ4v) is 1.54. The quantitative estimate of drug-likeness (QED) is 0.510. The molecule has 92 valence electrons. The Kier molecular flexibility index (Phi) is 3.60. The Balaban J connectivity index is 2.11. The lowest BCUT2D eigenvalue weighted by atomic mass is 10.2. The zero-order valence-electron chi connectivity index (χ0n) is 10.0. The van der Waals surface area contributed by atoms with E-state index in [-0.39, 0.29) is 0 Å². The number of nitrogens with zero attached hydrogens (tertiary/aromatic N) is 2. The maximum atomic E-state index is 11.2. The summed E-state index contributed by atoms with van der Waals surface area (Å²) in [5.41, 5.74) is 1.96. The normalized spacial score (nSPS) is 10.8. The molecule has 0 saturated carbocycles. The Morgan fingerprint density at radius 1 is 1.22 bits per heavy atom. The molecule has 0 fully saturated rings. The Morgan fingerprint density at radius 2 is 1.83 bits per heavy atom. The minimum Gasteiger partial charge on any atom is -0.324 e. The van der Waals surface area contributed by atoms with Crippen LogP contribution in [0.1, 0.15) is 5.56 Å². The smallest absolute Gasteiger partial charge is 0.269 e. The van der Waals surface area contributed by atoms with Crippen molar-refractivity contribution in [1.29, 1.82) is 0 Å². The highest BCUT2D eigenvalue weighted by Crippen LogP contribution is 2.11. The minimum atomic E-state index is -0.454. The van der Waals surface area contributed by atoms with Crippen molar-refractivity contribution >= 4 is 12.0 Å². The van der Waals surface area contributed by atoms with Crippen LogP contribution in [0.5, 0.6) is 0 Å². The first kappa shape index (κ1) is 12.1. The Labute approximate surface area is 105 Å². The first-order valence-electron chi connectivity index (χ1n) is 5.55. The van der Waals surface area contributed by atoms with E-state index in [4.69, 9.17) is 5.21 Å². The summed E-state index contributed by atoms with van der Waals surface area (Å²) in [6, 6.07) is 11.7. The number of hydrogen-bond donors (Lipinski definition) is 1. The number of hydroxylamine groups is 2. The molecule has 0 unspecified atom stereocenters. The molecule has 1 N–H and O–H groups in total. The van der Waals surface area contributed by atoms with Gasteiger partial charge in [-0.2, -0.15) is 0 Å². The maximum Gasteiger partial charge on any atom is 0.269 e. The summed E-state index contributed by atoms with van der Waals surface area (Å²) in [5.74, 6) is -0.454. The molecule has 18 heavy (non-hydrogen) atoms. The predicted octanol–water partition coefficient (Wildman–Crippen LogP) is 2.34. The first-order chi connectivity index (χ1) is 8.66. The molecule has 1 aromatic carbocycles. The number of carbonyl (C=O) groups excluding carboxylic acids is 1. The van der Waals surface area contributed by atoms with E-state index in [1.807, 2.05) is 53.4 Å². The molecule has 0 atom stereocenters. The maximum absolute atomic E-state index is 11.2. The van der Waals surface area contributed by atoms with Crippen molar-refractivity contribution < 1.29 is 10.0 Å². The molecular formula is C14H14N2O2. The van der Waals surface area contributed by atoms with Gasteiger partial charge in [-0.25, -0.2) is 5.06 Å². The molecule has 0 aliphatic heterocycles. The molecule has 0 bridgehead atoms. The Morgan fingerprint density at radius 3 is 2.39 bits per heavy atom. The standard InChI is InChI=1S/C14H14N2O2/c1-15(18)14(17)9-6-12-4-7-13(8-5-12)16-10-2-3-11-16/h2-11,18H,1H3/b9-6+. The predicted molar refractivity (Wildman–Crippen MR) is 69.4 cm³/mol. The van der Waals surface area contributed by atoms with Gasteiger partial charge in [0.2, 0.25) is 0 Å². The second-order valence-corrected chi connectivity index (χ2v) is 3.88. The Hall–Kier alpha value is -2.33. The summed E-state index contributed by atoms with van der Waals surface area (Å²) in [4.78, 5) is 11.2. The number of likely N-dealkylation sites (N-methyl/N-ethyl adjacent to an activating group) is 1. The summed E-state index contributed by atoms with van der Waals surface area (Å²) < 4.78 is 2.00. The molecule has 4 heteroatoms. The van der Waals surface area contributed by atoms with E-state index in [1.54, 1.807) is 6.08 Å². The van der Waals surface area contributed by atoms with Gasteiger partial charge >= 0.3 is 0 Å². The van der Waals surface area contributed by atoms with Crippen LogP contribution in [0.25, 0.3) is 11.8 Å². The fourth-order valence-electron chi connectivity index (χ4n) is 1.54. The van der Waals surface area contributed by atoms with Crippen LogP contribution < -0.4 is 0 Å². The molecule has 2 rings (SSSR count). The highest BCUT2D eigenvalue weighted by atomic mass is 16.5. The zero-order chi connectivity index (χ0) is 13.0. The lowest BCUT2D eigenvalue weighted by Gasteiger charge is -2.04. The van der Waals surface area contributed by atoms with Gasteiger partial charge in [-0.05, 0) is 35.9 Å². The number of aromatic nitrogens is 1. The second kappa shape index (κ2) is 5.33. The third-order valence-electron chi connectivity index (χ3n) is 2.53. The number of benzene rings is 1. The van der Waals surface area contributed by atoms with E-state index in [9.17, 15) is 4.79 Å². The lowest BCUT2D eigenvalue weighted by Crippen LogP contribution is -2.19. The summed E-state index contributed by atoms with van der Waals surface area (Å²) >= 11 is 0. The average Bonchev–Trinajstić information content (AvgIpc) is 2.90. The molecule has 1 amide bonds. The molecule has 1 aromatic heterocycles. The van der Waals surface area contributed by atoms with Crippen LogP contribution in [0.2, 0.25) is 0 Å². The van der Waals surface area contributed by atoms with Gasteiger partial charge in [0.15, 0.2) is 0 Å². The summed E-state index contributed by atoms with van der Waals surface area (Å²) in [6.07, 6.45) is 6.92. The summed E-state index contributed by atoms with van der Waals surface area (Å²) in [6.45, 7) is 0. The van der Waals surface area contributed by atoms with Crippen molar-refractivity contribution in [2.24, 2.45) is 0 Å². The topological polar surface area (TPSA) is 45.5 Å². The number of hydrogen-bond acceptors (Lipinski definition) is 2. The second-order valence-electron chi connectivity index (χ2n) is 3.88. The third-order valence-corrected chi connectivity index (χ3v) is 2.53. The van der Waals surface area contributed by atoms with Crippen molar-refractivity contribution in [3.05, 3.63) is 60.4 Å². The molecule has 0 aliphatic rings. The fraction of sp³-hybridized carbons (Fsp3) is 0.0714. The van der Waals surface area contributed by atoms with Crippen molar-refractivity contribution in [3.8, 4) is 5.69 Å². The van der Waals surface area contributed by atoms with E-state index >= 15 is 0 Å². The number of rotatable bonds is 3. The molecule has 0 spiro atoms. The van der Waals surface area contributed by atoms with Crippen molar-refractivity contribution in [2.45, 2.75) is 0 Å². The highest BCUT2D eigenvalue weighted by Gasteiger charge is 1.99.